The maximum Gasteiger partial charge on any atom is 0.119 e. The summed E-state index contributed by atoms with van der Waals surface area (Å²) in [5.41, 5.74) is 8.24. The third-order valence-corrected chi connectivity index (χ3v) is 3.05. The van der Waals surface area contributed by atoms with Gasteiger partial charge in [0.25, 0.3) is 0 Å². The van der Waals surface area contributed by atoms with E-state index in [1.165, 1.54) is 0 Å². The summed E-state index contributed by atoms with van der Waals surface area (Å²) >= 11 is 0. The second-order valence-corrected chi connectivity index (χ2v) is 4.60. The van der Waals surface area contributed by atoms with Crippen LogP contribution in [0.5, 0.6) is 5.75 Å². The fraction of sp³-hybridized carbons (Fsp3) is 0.250. The highest BCUT2D eigenvalue weighted by Crippen LogP contribution is 2.21. The molecule has 2 aromatic rings. The van der Waals surface area contributed by atoms with Crippen LogP contribution in [0.4, 0.5) is 0 Å². The Kier molecular flexibility index (Phi) is 5.12. The first kappa shape index (κ1) is 14.5. The van der Waals surface area contributed by atoms with Crippen LogP contribution in [0.1, 0.15) is 17.2 Å². The zero-order valence-electron chi connectivity index (χ0n) is 11.1. The van der Waals surface area contributed by atoms with Gasteiger partial charge in [0.15, 0.2) is 0 Å². The van der Waals surface area contributed by atoms with Gasteiger partial charge in [-0.05, 0) is 23.3 Å². The molecule has 2 atom stereocenters. The summed E-state index contributed by atoms with van der Waals surface area (Å²) in [6.07, 6.45) is -0.860. The Morgan fingerprint density at radius 1 is 0.950 bits per heavy atom. The second-order valence-electron chi connectivity index (χ2n) is 4.60. The lowest BCUT2D eigenvalue weighted by molar-refractivity contribution is 0.0536. The third kappa shape index (κ3) is 3.81. The lowest BCUT2D eigenvalue weighted by Crippen LogP contribution is -2.21. The number of aliphatic hydroxyl groups is 2. The molecule has 0 heterocycles. The van der Waals surface area contributed by atoms with Crippen molar-refractivity contribution in [3.8, 4) is 5.75 Å². The Bertz CT molecular complexity index is 513. The molecule has 0 aromatic heterocycles. The van der Waals surface area contributed by atoms with Crippen molar-refractivity contribution in [2.24, 2.45) is 5.73 Å². The number of ether oxygens (including phenoxy) is 1. The summed E-state index contributed by atoms with van der Waals surface area (Å²) in [7, 11) is 0. The lowest BCUT2D eigenvalue weighted by Gasteiger charge is -2.14. The SMILES string of the molecule is NC(c1ccccc1)c1ccc(OCC(O)CO)cc1. The summed E-state index contributed by atoms with van der Waals surface area (Å²) < 4.78 is 5.35. The van der Waals surface area contributed by atoms with Gasteiger partial charge >= 0.3 is 0 Å². The van der Waals surface area contributed by atoms with Gasteiger partial charge in [-0.25, -0.2) is 0 Å². The first-order valence-corrected chi connectivity index (χ1v) is 6.53. The molecule has 0 bridgehead atoms. The molecule has 20 heavy (non-hydrogen) atoms. The molecule has 0 radical (unpaired) electrons. The fourth-order valence-corrected chi connectivity index (χ4v) is 1.87. The average molecular weight is 273 g/mol. The van der Waals surface area contributed by atoms with Gasteiger partial charge in [-0.1, -0.05) is 42.5 Å². The minimum atomic E-state index is -0.860. The standard InChI is InChI=1S/C16H19NO3/c17-16(12-4-2-1-3-5-12)13-6-8-15(9-7-13)20-11-14(19)10-18/h1-9,14,16,18-19H,10-11,17H2. The fourth-order valence-electron chi connectivity index (χ4n) is 1.87. The van der Waals surface area contributed by atoms with Crippen molar-refractivity contribution < 1.29 is 14.9 Å². The zero-order valence-corrected chi connectivity index (χ0v) is 11.1. The van der Waals surface area contributed by atoms with E-state index in [9.17, 15) is 5.11 Å². The van der Waals surface area contributed by atoms with E-state index in [1.54, 1.807) is 0 Å². The predicted molar refractivity (Wildman–Crippen MR) is 77.5 cm³/mol. The van der Waals surface area contributed by atoms with Crippen LogP contribution < -0.4 is 10.5 Å². The van der Waals surface area contributed by atoms with E-state index in [2.05, 4.69) is 0 Å². The number of rotatable bonds is 6. The highest BCUT2D eigenvalue weighted by molar-refractivity contribution is 5.35. The van der Waals surface area contributed by atoms with Gasteiger partial charge < -0.3 is 20.7 Å². The van der Waals surface area contributed by atoms with E-state index in [0.717, 1.165) is 11.1 Å². The molecule has 0 aliphatic heterocycles. The summed E-state index contributed by atoms with van der Waals surface area (Å²) in [4.78, 5) is 0. The lowest BCUT2D eigenvalue weighted by atomic mass is 10.00. The van der Waals surface area contributed by atoms with Crippen molar-refractivity contribution in [1.82, 2.24) is 0 Å². The Balaban J connectivity index is 2.01. The van der Waals surface area contributed by atoms with Gasteiger partial charge in [0.05, 0.1) is 12.6 Å². The molecule has 0 spiro atoms. The molecule has 106 valence electrons. The van der Waals surface area contributed by atoms with Crippen molar-refractivity contribution in [1.29, 1.82) is 0 Å². The maximum absolute atomic E-state index is 9.22. The largest absolute Gasteiger partial charge is 0.491 e. The van der Waals surface area contributed by atoms with E-state index < -0.39 is 6.10 Å². The van der Waals surface area contributed by atoms with Crippen molar-refractivity contribution in [3.63, 3.8) is 0 Å². The Hall–Kier alpha value is -1.88. The number of nitrogens with two attached hydrogens (primary N) is 1. The van der Waals surface area contributed by atoms with Gasteiger partial charge in [0.2, 0.25) is 0 Å². The monoisotopic (exact) mass is 273 g/mol. The predicted octanol–water partition coefficient (Wildman–Crippen LogP) is 1.47. The van der Waals surface area contributed by atoms with Crippen LogP contribution in [-0.4, -0.2) is 29.5 Å². The van der Waals surface area contributed by atoms with Gasteiger partial charge in [0.1, 0.15) is 18.5 Å². The van der Waals surface area contributed by atoms with Gasteiger partial charge in [-0.2, -0.15) is 0 Å². The minimum Gasteiger partial charge on any atom is -0.491 e. The van der Waals surface area contributed by atoms with Crippen LogP contribution in [0, 0.1) is 0 Å². The summed E-state index contributed by atoms with van der Waals surface area (Å²) in [5, 5.41) is 17.9. The van der Waals surface area contributed by atoms with Crippen LogP contribution in [-0.2, 0) is 0 Å². The van der Waals surface area contributed by atoms with Crippen LogP contribution in [0.2, 0.25) is 0 Å². The quantitative estimate of drug-likeness (QED) is 0.745. The van der Waals surface area contributed by atoms with Crippen LogP contribution >= 0.6 is 0 Å². The van der Waals surface area contributed by atoms with Gasteiger partial charge in [-0.15, -0.1) is 0 Å². The van der Waals surface area contributed by atoms with Crippen molar-refractivity contribution >= 4 is 0 Å². The maximum atomic E-state index is 9.22. The summed E-state index contributed by atoms with van der Waals surface area (Å²) in [5.74, 6) is 0.640. The number of hydrogen-bond donors (Lipinski definition) is 3. The number of aliphatic hydroxyl groups excluding tert-OH is 2. The molecule has 2 rings (SSSR count). The van der Waals surface area contributed by atoms with Crippen LogP contribution in [0.25, 0.3) is 0 Å². The van der Waals surface area contributed by atoms with Gasteiger partial charge in [-0.3, -0.25) is 0 Å². The van der Waals surface area contributed by atoms with Crippen molar-refractivity contribution in [2.75, 3.05) is 13.2 Å². The second kappa shape index (κ2) is 7.05. The van der Waals surface area contributed by atoms with Gasteiger partial charge in [0, 0.05) is 0 Å². The van der Waals surface area contributed by atoms with Crippen molar-refractivity contribution in [3.05, 3.63) is 65.7 Å². The number of hydrogen-bond acceptors (Lipinski definition) is 4. The highest BCUT2D eigenvalue weighted by Gasteiger charge is 2.08. The zero-order chi connectivity index (χ0) is 14.4. The normalized spacial score (nSPS) is 13.8. The Labute approximate surface area is 118 Å². The Morgan fingerprint density at radius 2 is 1.55 bits per heavy atom. The molecule has 2 aromatic carbocycles. The third-order valence-electron chi connectivity index (χ3n) is 3.05. The molecule has 4 N–H and O–H groups in total. The van der Waals surface area contributed by atoms with E-state index in [1.807, 2.05) is 54.6 Å². The average Bonchev–Trinajstić information content (AvgIpc) is 2.53. The first-order chi connectivity index (χ1) is 9.70. The molecule has 0 fully saturated rings. The first-order valence-electron chi connectivity index (χ1n) is 6.53. The van der Waals surface area contributed by atoms with E-state index in [-0.39, 0.29) is 19.3 Å². The molecule has 0 aliphatic carbocycles. The van der Waals surface area contributed by atoms with Crippen LogP contribution in [0.3, 0.4) is 0 Å². The highest BCUT2D eigenvalue weighted by atomic mass is 16.5. The Morgan fingerprint density at radius 3 is 2.15 bits per heavy atom. The molecule has 0 saturated carbocycles. The molecular formula is C16H19NO3. The molecular weight excluding hydrogens is 254 g/mol. The molecule has 0 amide bonds. The van der Waals surface area contributed by atoms with Crippen LogP contribution in [0.15, 0.2) is 54.6 Å². The molecule has 4 nitrogen and oxygen atoms in total. The summed E-state index contributed by atoms with van der Waals surface area (Å²) in [6.45, 7) is -0.239. The number of benzene rings is 2. The topological polar surface area (TPSA) is 75.7 Å². The molecule has 0 saturated heterocycles. The minimum absolute atomic E-state index is 0.0700. The van der Waals surface area contributed by atoms with E-state index in [0.29, 0.717) is 5.75 Å². The molecule has 0 aliphatic rings. The smallest absolute Gasteiger partial charge is 0.119 e. The van der Waals surface area contributed by atoms with E-state index in [4.69, 9.17) is 15.6 Å². The van der Waals surface area contributed by atoms with E-state index >= 15 is 0 Å². The molecule has 4 heteroatoms. The summed E-state index contributed by atoms with van der Waals surface area (Å²) in [6, 6.07) is 17.1. The molecule has 2 unspecified atom stereocenters. The van der Waals surface area contributed by atoms with Crippen molar-refractivity contribution in [2.45, 2.75) is 12.1 Å².